The molecule has 0 aliphatic carbocycles. The predicted molar refractivity (Wildman–Crippen MR) is 74.1 cm³/mol. The van der Waals surface area contributed by atoms with Gasteiger partial charge in [-0.15, -0.1) is 0 Å². The molecule has 7 nitrogen and oxygen atoms in total. The van der Waals surface area contributed by atoms with Gasteiger partial charge in [0, 0.05) is 17.3 Å². The summed E-state index contributed by atoms with van der Waals surface area (Å²) in [6.45, 7) is 1.72. The van der Waals surface area contributed by atoms with E-state index in [9.17, 15) is 13.2 Å². The molecule has 2 rings (SSSR count). The standard InChI is InChI=1S/C12H13N3O4S/c1-8-7-11(14-19-8)13-12(16)9-3-5-10(6-4-9)15-20(2,17)18/h3-7,15H,1-2H3,(H,13,14,16). The van der Waals surface area contributed by atoms with Crippen LogP contribution in [0.3, 0.4) is 0 Å². The molecule has 2 N–H and O–H groups in total. The highest BCUT2D eigenvalue weighted by atomic mass is 32.2. The topological polar surface area (TPSA) is 101 Å². The molecule has 0 aliphatic rings. The Kier molecular flexibility index (Phi) is 3.75. The second-order valence-corrected chi connectivity index (χ2v) is 5.98. The van der Waals surface area contributed by atoms with E-state index in [-0.39, 0.29) is 5.91 Å². The zero-order valence-electron chi connectivity index (χ0n) is 10.9. The summed E-state index contributed by atoms with van der Waals surface area (Å²) in [7, 11) is -3.33. The Morgan fingerprint density at radius 3 is 2.40 bits per heavy atom. The summed E-state index contributed by atoms with van der Waals surface area (Å²) in [6.07, 6.45) is 1.06. The van der Waals surface area contributed by atoms with Gasteiger partial charge in [-0.2, -0.15) is 0 Å². The maximum atomic E-state index is 11.9. The van der Waals surface area contributed by atoms with Gasteiger partial charge in [0.05, 0.1) is 6.26 Å². The Morgan fingerprint density at radius 1 is 1.25 bits per heavy atom. The molecule has 0 fully saturated rings. The first kappa shape index (κ1) is 14.1. The van der Waals surface area contributed by atoms with Crippen LogP contribution in [-0.4, -0.2) is 25.7 Å². The summed E-state index contributed by atoms with van der Waals surface area (Å²) < 4.78 is 29.3. The number of rotatable bonds is 4. The number of sulfonamides is 1. The van der Waals surface area contributed by atoms with Crippen LogP contribution < -0.4 is 10.0 Å². The molecule has 0 unspecified atom stereocenters. The van der Waals surface area contributed by atoms with Gasteiger partial charge in [-0.3, -0.25) is 9.52 Å². The lowest BCUT2D eigenvalue weighted by atomic mass is 10.2. The second kappa shape index (κ2) is 5.33. The molecule has 8 heteroatoms. The molecule has 20 heavy (non-hydrogen) atoms. The highest BCUT2D eigenvalue weighted by Crippen LogP contribution is 2.13. The summed E-state index contributed by atoms with van der Waals surface area (Å²) in [5.74, 6) is 0.558. The normalized spacial score (nSPS) is 11.1. The van der Waals surface area contributed by atoms with Crippen LogP contribution in [0.5, 0.6) is 0 Å². The Bertz CT molecular complexity index is 719. The van der Waals surface area contributed by atoms with E-state index in [0.717, 1.165) is 6.26 Å². The molecule has 0 radical (unpaired) electrons. The zero-order valence-corrected chi connectivity index (χ0v) is 11.7. The quantitative estimate of drug-likeness (QED) is 0.892. The van der Waals surface area contributed by atoms with Gasteiger partial charge >= 0.3 is 0 Å². The molecule has 0 saturated carbocycles. The van der Waals surface area contributed by atoms with Crippen LogP contribution in [0.2, 0.25) is 0 Å². The van der Waals surface area contributed by atoms with Crippen molar-refractivity contribution in [2.75, 3.05) is 16.3 Å². The number of hydrogen-bond donors (Lipinski definition) is 2. The number of benzene rings is 1. The van der Waals surface area contributed by atoms with Gasteiger partial charge in [0.2, 0.25) is 10.0 Å². The van der Waals surface area contributed by atoms with Gasteiger partial charge in [-0.1, -0.05) is 5.16 Å². The highest BCUT2D eigenvalue weighted by molar-refractivity contribution is 7.92. The SMILES string of the molecule is Cc1cc(NC(=O)c2ccc(NS(C)(=O)=O)cc2)no1. The Balaban J connectivity index is 2.07. The largest absolute Gasteiger partial charge is 0.360 e. The molecule has 2 aromatic rings. The fraction of sp³-hybridized carbons (Fsp3) is 0.167. The number of amides is 1. The summed E-state index contributed by atoms with van der Waals surface area (Å²) >= 11 is 0. The molecular weight excluding hydrogens is 282 g/mol. The van der Waals surface area contributed by atoms with Crippen LogP contribution in [0.1, 0.15) is 16.1 Å². The number of carbonyl (C=O) groups is 1. The molecule has 1 aromatic carbocycles. The first-order valence-electron chi connectivity index (χ1n) is 5.66. The van der Waals surface area contributed by atoms with Crippen LogP contribution in [-0.2, 0) is 10.0 Å². The summed E-state index contributed by atoms with van der Waals surface area (Å²) in [5.41, 5.74) is 0.769. The first-order chi connectivity index (χ1) is 9.33. The Hall–Kier alpha value is -2.35. The number of nitrogens with zero attached hydrogens (tertiary/aromatic N) is 1. The monoisotopic (exact) mass is 295 g/mol. The number of aryl methyl sites for hydroxylation is 1. The van der Waals surface area contributed by atoms with Crippen molar-refractivity contribution in [3.63, 3.8) is 0 Å². The van der Waals surface area contributed by atoms with Crippen LogP contribution in [0, 0.1) is 6.92 Å². The van der Waals surface area contributed by atoms with Crippen molar-refractivity contribution in [2.24, 2.45) is 0 Å². The number of carbonyl (C=O) groups excluding carboxylic acids is 1. The first-order valence-corrected chi connectivity index (χ1v) is 7.55. The minimum Gasteiger partial charge on any atom is -0.360 e. The van der Waals surface area contributed by atoms with Crippen LogP contribution >= 0.6 is 0 Å². The molecule has 0 atom stereocenters. The predicted octanol–water partition coefficient (Wildman–Crippen LogP) is 1.61. The minimum atomic E-state index is -3.33. The molecule has 1 aromatic heterocycles. The van der Waals surface area contributed by atoms with Crippen molar-refractivity contribution in [2.45, 2.75) is 6.92 Å². The van der Waals surface area contributed by atoms with Crippen molar-refractivity contribution in [3.8, 4) is 0 Å². The van der Waals surface area contributed by atoms with Gasteiger partial charge in [0.25, 0.3) is 5.91 Å². The fourth-order valence-electron chi connectivity index (χ4n) is 1.52. The number of hydrogen-bond acceptors (Lipinski definition) is 5. The van der Waals surface area contributed by atoms with Crippen LogP contribution in [0.15, 0.2) is 34.9 Å². The molecule has 0 bridgehead atoms. The van der Waals surface area contributed by atoms with Gasteiger partial charge in [0.15, 0.2) is 5.82 Å². The third kappa shape index (κ3) is 3.82. The maximum Gasteiger partial charge on any atom is 0.256 e. The minimum absolute atomic E-state index is 0.325. The summed E-state index contributed by atoms with van der Waals surface area (Å²) in [5, 5.41) is 6.21. The van der Waals surface area contributed by atoms with E-state index in [1.807, 2.05) is 0 Å². The molecular formula is C12H13N3O4S. The molecule has 0 aliphatic heterocycles. The summed E-state index contributed by atoms with van der Waals surface area (Å²) in [6, 6.07) is 7.62. The van der Waals surface area contributed by atoms with Gasteiger partial charge in [-0.05, 0) is 31.2 Å². The van der Waals surface area contributed by atoms with Crippen molar-refractivity contribution < 1.29 is 17.7 Å². The van der Waals surface area contributed by atoms with Crippen LogP contribution in [0.4, 0.5) is 11.5 Å². The smallest absolute Gasteiger partial charge is 0.256 e. The lowest BCUT2D eigenvalue weighted by Gasteiger charge is -2.05. The van der Waals surface area contributed by atoms with Crippen molar-refractivity contribution in [1.29, 1.82) is 0 Å². The van der Waals surface area contributed by atoms with E-state index in [1.165, 1.54) is 24.3 Å². The van der Waals surface area contributed by atoms with Gasteiger partial charge in [0.1, 0.15) is 5.76 Å². The van der Waals surface area contributed by atoms with E-state index in [4.69, 9.17) is 4.52 Å². The van der Waals surface area contributed by atoms with Gasteiger partial charge in [-0.25, -0.2) is 8.42 Å². The second-order valence-electron chi connectivity index (χ2n) is 4.23. The molecule has 0 saturated heterocycles. The van der Waals surface area contributed by atoms with E-state index >= 15 is 0 Å². The van der Waals surface area contributed by atoms with Gasteiger partial charge < -0.3 is 9.84 Å². The van der Waals surface area contributed by atoms with E-state index < -0.39 is 10.0 Å². The van der Waals surface area contributed by atoms with Crippen molar-refractivity contribution >= 4 is 27.4 Å². The molecule has 0 spiro atoms. The highest BCUT2D eigenvalue weighted by Gasteiger charge is 2.09. The lowest BCUT2D eigenvalue weighted by molar-refractivity contribution is 0.102. The van der Waals surface area contributed by atoms with Crippen molar-refractivity contribution in [3.05, 3.63) is 41.7 Å². The molecule has 106 valence electrons. The van der Waals surface area contributed by atoms with Crippen molar-refractivity contribution in [1.82, 2.24) is 5.16 Å². The van der Waals surface area contributed by atoms with E-state index in [0.29, 0.717) is 22.8 Å². The Morgan fingerprint density at radius 2 is 1.90 bits per heavy atom. The fourth-order valence-corrected chi connectivity index (χ4v) is 2.08. The number of nitrogens with one attached hydrogen (secondary N) is 2. The number of anilines is 2. The molecule has 1 heterocycles. The average Bonchev–Trinajstić information content (AvgIpc) is 2.73. The zero-order chi connectivity index (χ0) is 14.8. The third-order valence-electron chi connectivity index (χ3n) is 2.32. The Labute approximate surface area is 116 Å². The average molecular weight is 295 g/mol. The third-order valence-corrected chi connectivity index (χ3v) is 2.93. The number of aromatic nitrogens is 1. The molecule has 1 amide bonds. The van der Waals surface area contributed by atoms with E-state index in [2.05, 4.69) is 15.2 Å². The maximum absolute atomic E-state index is 11.9. The summed E-state index contributed by atoms with van der Waals surface area (Å²) in [4.78, 5) is 11.9. The lowest BCUT2D eigenvalue weighted by Crippen LogP contribution is -2.13. The van der Waals surface area contributed by atoms with Crippen LogP contribution in [0.25, 0.3) is 0 Å². The van der Waals surface area contributed by atoms with E-state index in [1.54, 1.807) is 13.0 Å².